The van der Waals surface area contributed by atoms with E-state index in [1.165, 1.54) is 12.1 Å². The van der Waals surface area contributed by atoms with Crippen molar-refractivity contribution in [1.82, 2.24) is 15.8 Å². The molecular formula is C29H24F3N3O5. The van der Waals surface area contributed by atoms with Gasteiger partial charge in [0.15, 0.2) is 5.76 Å². The summed E-state index contributed by atoms with van der Waals surface area (Å²) < 4.78 is 46.9. The number of alkyl halides is 3. The number of benzene rings is 3. The average Bonchev–Trinajstić information content (AvgIpc) is 3.32. The van der Waals surface area contributed by atoms with Crippen LogP contribution in [0.25, 0.3) is 11.3 Å². The number of nitrogens with one attached hydrogen (secondary N) is 2. The molecule has 4 aromatic rings. The van der Waals surface area contributed by atoms with Gasteiger partial charge in [-0.15, -0.1) is 13.2 Å². The number of hydrogen-bond donors (Lipinski definition) is 2. The van der Waals surface area contributed by atoms with Crippen LogP contribution in [0, 0.1) is 6.92 Å². The Labute approximate surface area is 227 Å². The van der Waals surface area contributed by atoms with E-state index in [-0.39, 0.29) is 29.9 Å². The number of ether oxygens (including phenoxy) is 1. The van der Waals surface area contributed by atoms with Crippen LogP contribution in [-0.4, -0.2) is 35.2 Å². The molecular weight excluding hydrogens is 527 g/mol. The van der Waals surface area contributed by atoms with Gasteiger partial charge in [0.05, 0.1) is 5.69 Å². The van der Waals surface area contributed by atoms with Crippen LogP contribution in [0.5, 0.6) is 5.75 Å². The molecule has 11 heteroatoms. The number of aromatic nitrogens is 1. The minimum Gasteiger partial charge on any atom is -0.406 e. The molecule has 0 aliphatic rings. The zero-order chi connectivity index (χ0) is 28.7. The molecule has 4 rings (SSSR count). The fourth-order valence-electron chi connectivity index (χ4n) is 3.99. The van der Waals surface area contributed by atoms with E-state index in [9.17, 15) is 27.6 Å². The van der Waals surface area contributed by atoms with Crippen molar-refractivity contribution < 1.29 is 36.8 Å². The van der Waals surface area contributed by atoms with Crippen LogP contribution in [0.15, 0.2) is 89.5 Å². The lowest BCUT2D eigenvalue weighted by Crippen LogP contribution is -2.48. The van der Waals surface area contributed by atoms with Crippen molar-refractivity contribution in [1.29, 1.82) is 0 Å². The molecule has 8 nitrogen and oxygen atoms in total. The van der Waals surface area contributed by atoms with Gasteiger partial charge in [0.1, 0.15) is 17.4 Å². The first-order valence-electron chi connectivity index (χ1n) is 12.1. The number of carbonyl (C=O) groups excluding carboxylic acids is 3. The van der Waals surface area contributed by atoms with E-state index in [4.69, 9.17) is 4.52 Å². The average molecular weight is 552 g/mol. The van der Waals surface area contributed by atoms with Crippen LogP contribution in [0.2, 0.25) is 0 Å². The summed E-state index contributed by atoms with van der Waals surface area (Å²) >= 11 is 0. The summed E-state index contributed by atoms with van der Waals surface area (Å²) in [4.78, 5) is 39.4. The molecule has 206 valence electrons. The van der Waals surface area contributed by atoms with Gasteiger partial charge in [-0.1, -0.05) is 78.0 Å². The number of hydrogen-bond acceptors (Lipinski definition) is 6. The van der Waals surface area contributed by atoms with E-state index < -0.39 is 35.8 Å². The Kier molecular flexibility index (Phi) is 8.63. The van der Waals surface area contributed by atoms with Crippen LogP contribution < -0.4 is 15.4 Å². The van der Waals surface area contributed by atoms with E-state index in [0.29, 0.717) is 16.8 Å². The van der Waals surface area contributed by atoms with Crippen molar-refractivity contribution in [3.63, 3.8) is 0 Å². The van der Waals surface area contributed by atoms with Gasteiger partial charge in [0, 0.05) is 18.5 Å². The topological polar surface area (TPSA) is 111 Å². The Morgan fingerprint density at radius 3 is 2.25 bits per heavy atom. The molecule has 40 heavy (non-hydrogen) atoms. The number of amides is 2. The monoisotopic (exact) mass is 551 g/mol. The second-order valence-corrected chi connectivity index (χ2v) is 8.80. The van der Waals surface area contributed by atoms with Crippen molar-refractivity contribution in [2.75, 3.05) is 0 Å². The SMILES string of the molecule is Cc1noc(-c2ccccc2)c1C(=O)N[C@@H](Cc1ccccc1)C(=O)C(=O)NCc1cccc(OC(F)(F)F)c1. The van der Waals surface area contributed by atoms with Crippen LogP contribution in [0.1, 0.15) is 27.2 Å². The highest BCUT2D eigenvalue weighted by atomic mass is 19.4. The van der Waals surface area contributed by atoms with E-state index in [2.05, 4.69) is 20.5 Å². The molecule has 2 amide bonds. The van der Waals surface area contributed by atoms with Gasteiger partial charge < -0.3 is 19.9 Å². The van der Waals surface area contributed by atoms with E-state index in [1.807, 2.05) is 0 Å². The van der Waals surface area contributed by atoms with Crippen molar-refractivity contribution in [2.45, 2.75) is 32.3 Å². The number of rotatable bonds is 10. The summed E-state index contributed by atoms with van der Waals surface area (Å²) in [6.07, 6.45) is -4.86. The summed E-state index contributed by atoms with van der Waals surface area (Å²) in [7, 11) is 0. The van der Waals surface area contributed by atoms with Gasteiger partial charge in [0.2, 0.25) is 5.78 Å². The number of halogens is 3. The summed E-state index contributed by atoms with van der Waals surface area (Å²) in [6, 6.07) is 21.4. The van der Waals surface area contributed by atoms with Crippen LogP contribution in [0.3, 0.4) is 0 Å². The predicted molar refractivity (Wildman–Crippen MR) is 138 cm³/mol. The lowest BCUT2D eigenvalue weighted by Gasteiger charge is -2.18. The Morgan fingerprint density at radius 1 is 0.925 bits per heavy atom. The Bertz CT molecular complexity index is 1490. The zero-order valence-electron chi connectivity index (χ0n) is 21.2. The van der Waals surface area contributed by atoms with E-state index in [1.54, 1.807) is 67.6 Å². The molecule has 3 aromatic carbocycles. The van der Waals surface area contributed by atoms with E-state index in [0.717, 1.165) is 12.1 Å². The molecule has 0 fully saturated rings. The minimum atomic E-state index is -4.87. The predicted octanol–water partition coefficient (Wildman–Crippen LogP) is 4.78. The van der Waals surface area contributed by atoms with Gasteiger partial charge >= 0.3 is 6.36 Å². The molecule has 2 N–H and O–H groups in total. The Balaban J connectivity index is 1.51. The van der Waals surface area contributed by atoms with Crippen molar-refractivity contribution in [2.24, 2.45) is 0 Å². The van der Waals surface area contributed by atoms with Gasteiger partial charge in [-0.2, -0.15) is 0 Å². The molecule has 1 aromatic heterocycles. The molecule has 0 aliphatic carbocycles. The third-order valence-corrected chi connectivity index (χ3v) is 5.84. The smallest absolute Gasteiger partial charge is 0.406 e. The highest BCUT2D eigenvalue weighted by Gasteiger charge is 2.32. The quantitative estimate of drug-likeness (QED) is 0.275. The van der Waals surface area contributed by atoms with Crippen LogP contribution in [-0.2, 0) is 22.6 Å². The molecule has 0 saturated carbocycles. The Morgan fingerprint density at radius 2 is 1.57 bits per heavy atom. The minimum absolute atomic E-state index is 0.0126. The van der Waals surface area contributed by atoms with Gasteiger partial charge in [0.25, 0.3) is 11.8 Å². The van der Waals surface area contributed by atoms with Crippen molar-refractivity contribution in [3.8, 4) is 17.1 Å². The third kappa shape index (κ3) is 7.34. The highest BCUT2D eigenvalue weighted by Crippen LogP contribution is 2.26. The molecule has 1 heterocycles. The molecule has 0 unspecified atom stereocenters. The lowest BCUT2D eigenvalue weighted by atomic mass is 10.00. The van der Waals surface area contributed by atoms with Gasteiger partial charge in [-0.25, -0.2) is 0 Å². The van der Waals surface area contributed by atoms with Gasteiger partial charge in [-0.3, -0.25) is 14.4 Å². The summed E-state index contributed by atoms with van der Waals surface area (Å²) in [6.45, 7) is 1.34. The molecule has 0 saturated heterocycles. The van der Waals surface area contributed by atoms with Crippen molar-refractivity contribution >= 4 is 17.6 Å². The first kappa shape index (κ1) is 28.1. The van der Waals surface area contributed by atoms with Crippen LogP contribution in [0.4, 0.5) is 13.2 Å². The second-order valence-electron chi connectivity index (χ2n) is 8.80. The zero-order valence-corrected chi connectivity index (χ0v) is 21.2. The molecule has 0 bridgehead atoms. The maximum Gasteiger partial charge on any atom is 0.573 e. The molecule has 0 spiro atoms. The maximum absolute atomic E-state index is 13.4. The van der Waals surface area contributed by atoms with Crippen LogP contribution >= 0.6 is 0 Å². The highest BCUT2D eigenvalue weighted by molar-refractivity contribution is 6.38. The molecule has 1 atom stereocenters. The Hall–Kier alpha value is -4.93. The second kappa shape index (κ2) is 12.3. The third-order valence-electron chi connectivity index (χ3n) is 5.84. The fraction of sp³-hybridized carbons (Fsp3) is 0.172. The van der Waals surface area contributed by atoms with Gasteiger partial charge in [-0.05, 0) is 30.2 Å². The summed E-state index contributed by atoms with van der Waals surface area (Å²) in [5.41, 5.74) is 2.00. The largest absolute Gasteiger partial charge is 0.573 e. The first-order chi connectivity index (χ1) is 19.1. The lowest BCUT2D eigenvalue weighted by molar-refractivity contribution is -0.274. The maximum atomic E-state index is 13.4. The standard InChI is InChI=1S/C29H24F3N3O5/c1-18-24(26(40-35-18)21-12-6-3-7-13-21)27(37)34-23(16-19-9-4-2-5-10-19)25(36)28(38)33-17-20-11-8-14-22(15-20)39-29(30,31)32/h2-15,23H,16-17H2,1H3,(H,33,38)(H,34,37)/t23-/m0/s1. The number of carbonyl (C=O) groups is 3. The normalized spacial score (nSPS) is 11.9. The first-order valence-corrected chi connectivity index (χ1v) is 12.1. The molecule has 0 radical (unpaired) electrons. The summed E-state index contributed by atoms with van der Waals surface area (Å²) in [5.74, 6) is -2.86. The number of Topliss-reactive ketones (excluding diaryl/α,β-unsaturated/α-hetero) is 1. The fourth-order valence-corrected chi connectivity index (χ4v) is 3.99. The number of aryl methyl sites for hydroxylation is 1. The number of ketones is 1. The summed E-state index contributed by atoms with van der Waals surface area (Å²) in [5, 5.41) is 8.94. The van der Waals surface area contributed by atoms with E-state index >= 15 is 0 Å². The molecule has 0 aliphatic heterocycles. The van der Waals surface area contributed by atoms with Crippen molar-refractivity contribution in [3.05, 3.63) is 107 Å². The number of nitrogens with zero attached hydrogens (tertiary/aromatic N) is 1.